The van der Waals surface area contributed by atoms with Gasteiger partial charge in [0.2, 0.25) is 6.79 Å². The molecule has 2 aromatic rings. The predicted octanol–water partition coefficient (Wildman–Crippen LogP) is 2.28. The molecule has 3 rings (SSSR count). The lowest BCUT2D eigenvalue weighted by Crippen LogP contribution is -2.19. The summed E-state index contributed by atoms with van der Waals surface area (Å²) in [7, 11) is 1.47. The van der Waals surface area contributed by atoms with E-state index in [9.17, 15) is 9.90 Å². The Morgan fingerprint density at radius 2 is 1.92 bits per heavy atom. The molecule has 0 radical (unpaired) electrons. The van der Waals surface area contributed by atoms with Crippen LogP contribution >= 0.6 is 0 Å². The zero-order valence-electron chi connectivity index (χ0n) is 13.2. The van der Waals surface area contributed by atoms with Crippen molar-refractivity contribution in [2.24, 2.45) is 5.10 Å². The second kappa shape index (κ2) is 6.49. The molecule has 0 fully saturated rings. The molecule has 0 aliphatic carbocycles. The number of nitrogens with zero attached hydrogens (tertiary/aromatic N) is 1. The number of amides is 1. The second-order valence-electron chi connectivity index (χ2n) is 5.09. The molecule has 7 nitrogen and oxygen atoms in total. The zero-order valence-corrected chi connectivity index (χ0v) is 13.2. The summed E-state index contributed by atoms with van der Waals surface area (Å²) in [6.07, 6.45) is 0. The summed E-state index contributed by atoms with van der Waals surface area (Å²) in [5.41, 5.74) is 4.20. The van der Waals surface area contributed by atoms with Crippen LogP contribution in [0.2, 0.25) is 0 Å². The van der Waals surface area contributed by atoms with Gasteiger partial charge < -0.3 is 19.3 Å². The number of hydrogen-bond acceptors (Lipinski definition) is 6. The van der Waals surface area contributed by atoms with Gasteiger partial charge in [0.15, 0.2) is 23.0 Å². The van der Waals surface area contributed by atoms with Gasteiger partial charge in [-0.05, 0) is 43.3 Å². The van der Waals surface area contributed by atoms with Crippen LogP contribution in [0.15, 0.2) is 41.5 Å². The Morgan fingerprint density at radius 3 is 2.71 bits per heavy atom. The number of benzene rings is 2. The number of phenolic OH excluding ortho intramolecular Hbond substituents is 1. The largest absolute Gasteiger partial charge is 0.504 e. The monoisotopic (exact) mass is 328 g/mol. The molecule has 2 N–H and O–H groups in total. The highest BCUT2D eigenvalue weighted by Crippen LogP contribution is 2.32. The molecule has 7 heteroatoms. The van der Waals surface area contributed by atoms with Crippen molar-refractivity contribution in [1.29, 1.82) is 0 Å². The van der Waals surface area contributed by atoms with Crippen LogP contribution in [0.25, 0.3) is 0 Å². The molecule has 124 valence electrons. The zero-order chi connectivity index (χ0) is 17.1. The van der Waals surface area contributed by atoms with Gasteiger partial charge >= 0.3 is 0 Å². The topological polar surface area (TPSA) is 89.4 Å². The summed E-state index contributed by atoms with van der Waals surface area (Å²) in [6, 6.07) is 9.75. The second-order valence-corrected chi connectivity index (χ2v) is 5.09. The van der Waals surface area contributed by atoms with Gasteiger partial charge in [-0.3, -0.25) is 4.79 Å². The standard InChI is InChI=1S/C17H16N2O5/c1-10(11-3-5-13(20)15(7-11)22-2)18-19-17(21)12-4-6-14-16(8-12)24-9-23-14/h3-8,20H,9H2,1-2H3,(H,19,21)/b18-10+. The van der Waals surface area contributed by atoms with Crippen molar-refractivity contribution in [2.75, 3.05) is 13.9 Å². The summed E-state index contributed by atoms with van der Waals surface area (Å²) in [4.78, 5) is 12.2. The van der Waals surface area contributed by atoms with Gasteiger partial charge in [-0.25, -0.2) is 5.43 Å². The Morgan fingerprint density at radius 1 is 1.17 bits per heavy atom. The molecule has 0 bridgehead atoms. The SMILES string of the molecule is COc1cc(/C(C)=N/NC(=O)c2ccc3c(c2)OCO3)ccc1O. The van der Waals surface area contributed by atoms with Gasteiger partial charge in [0, 0.05) is 11.1 Å². The van der Waals surface area contributed by atoms with E-state index in [0.717, 1.165) is 5.56 Å². The van der Waals surface area contributed by atoms with Gasteiger partial charge in [0.05, 0.1) is 12.8 Å². The molecular weight excluding hydrogens is 312 g/mol. The quantitative estimate of drug-likeness (QED) is 0.664. The Bertz CT molecular complexity index is 817. The molecule has 1 amide bonds. The number of hydrogen-bond donors (Lipinski definition) is 2. The van der Waals surface area contributed by atoms with E-state index in [1.54, 1.807) is 37.3 Å². The van der Waals surface area contributed by atoms with Crippen LogP contribution in [0.3, 0.4) is 0 Å². The van der Waals surface area contributed by atoms with Gasteiger partial charge in [-0.1, -0.05) is 0 Å². The molecule has 0 unspecified atom stereocenters. The summed E-state index contributed by atoms with van der Waals surface area (Å²) < 4.78 is 15.5. The first-order valence-electron chi connectivity index (χ1n) is 7.20. The summed E-state index contributed by atoms with van der Waals surface area (Å²) in [6.45, 7) is 1.89. The van der Waals surface area contributed by atoms with Crippen molar-refractivity contribution < 1.29 is 24.1 Å². The number of aromatic hydroxyl groups is 1. The lowest BCUT2D eigenvalue weighted by atomic mass is 10.1. The van der Waals surface area contributed by atoms with E-state index in [1.807, 2.05) is 0 Å². The number of nitrogens with one attached hydrogen (secondary N) is 1. The third-order valence-electron chi connectivity index (χ3n) is 3.56. The van der Waals surface area contributed by atoms with Crippen molar-refractivity contribution in [3.8, 4) is 23.0 Å². The molecule has 1 aliphatic rings. The molecule has 24 heavy (non-hydrogen) atoms. The summed E-state index contributed by atoms with van der Waals surface area (Å²) >= 11 is 0. The number of methoxy groups -OCH3 is 1. The van der Waals surface area contributed by atoms with E-state index in [4.69, 9.17) is 14.2 Å². The van der Waals surface area contributed by atoms with E-state index in [-0.39, 0.29) is 18.4 Å². The minimum absolute atomic E-state index is 0.0402. The van der Waals surface area contributed by atoms with Crippen molar-refractivity contribution in [3.05, 3.63) is 47.5 Å². The molecule has 0 atom stereocenters. The number of fused-ring (bicyclic) bond motifs is 1. The highest BCUT2D eigenvalue weighted by molar-refractivity contribution is 6.01. The van der Waals surface area contributed by atoms with Crippen LogP contribution in [0.1, 0.15) is 22.8 Å². The Balaban J connectivity index is 1.73. The fourth-order valence-electron chi connectivity index (χ4n) is 2.20. The van der Waals surface area contributed by atoms with Gasteiger partial charge in [0.25, 0.3) is 5.91 Å². The maximum Gasteiger partial charge on any atom is 0.271 e. The van der Waals surface area contributed by atoms with Crippen molar-refractivity contribution in [1.82, 2.24) is 5.43 Å². The maximum atomic E-state index is 12.2. The highest BCUT2D eigenvalue weighted by atomic mass is 16.7. The van der Waals surface area contributed by atoms with Crippen molar-refractivity contribution >= 4 is 11.6 Å². The Hall–Kier alpha value is -3.22. The number of rotatable bonds is 4. The maximum absolute atomic E-state index is 12.2. The minimum Gasteiger partial charge on any atom is -0.504 e. The van der Waals surface area contributed by atoms with Crippen LogP contribution in [-0.4, -0.2) is 30.6 Å². The fraction of sp³-hybridized carbons (Fsp3) is 0.176. The molecule has 2 aromatic carbocycles. The smallest absolute Gasteiger partial charge is 0.271 e. The molecule has 0 aromatic heterocycles. The van der Waals surface area contributed by atoms with Crippen LogP contribution in [0.5, 0.6) is 23.0 Å². The average Bonchev–Trinajstić information content (AvgIpc) is 3.07. The van der Waals surface area contributed by atoms with Crippen LogP contribution in [0, 0.1) is 0 Å². The first kappa shape index (κ1) is 15.7. The first-order chi connectivity index (χ1) is 11.6. The number of carbonyl (C=O) groups is 1. The Kier molecular flexibility index (Phi) is 4.24. The van der Waals surface area contributed by atoms with E-state index in [2.05, 4.69) is 10.5 Å². The third kappa shape index (κ3) is 3.10. The van der Waals surface area contributed by atoms with Crippen molar-refractivity contribution in [2.45, 2.75) is 6.92 Å². The summed E-state index contributed by atoms with van der Waals surface area (Å²) in [5.74, 6) is 1.16. The van der Waals surface area contributed by atoms with E-state index in [0.29, 0.717) is 28.5 Å². The Labute approximate surface area is 138 Å². The molecule has 0 saturated carbocycles. The third-order valence-corrected chi connectivity index (χ3v) is 3.56. The van der Waals surface area contributed by atoms with Gasteiger partial charge in [-0.15, -0.1) is 0 Å². The predicted molar refractivity (Wildman–Crippen MR) is 86.9 cm³/mol. The average molecular weight is 328 g/mol. The number of hydrazone groups is 1. The molecular formula is C17H16N2O5. The van der Waals surface area contributed by atoms with E-state index < -0.39 is 0 Å². The van der Waals surface area contributed by atoms with Crippen molar-refractivity contribution in [3.63, 3.8) is 0 Å². The highest BCUT2D eigenvalue weighted by Gasteiger charge is 2.16. The van der Waals surface area contributed by atoms with E-state index >= 15 is 0 Å². The van der Waals surface area contributed by atoms with Crippen LogP contribution in [0.4, 0.5) is 0 Å². The first-order valence-corrected chi connectivity index (χ1v) is 7.20. The van der Waals surface area contributed by atoms with Gasteiger partial charge in [0.1, 0.15) is 0 Å². The number of carbonyl (C=O) groups excluding carboxylic acids is 1. The van der Waals surface area contributed by atoms with Crippen LogP contribution < -0.4 is 19.6 Å². The lowest BCUT2D eigenvalue weighted by molar-refractivity contribution is 0.0954. The molecule has 0 saturated heterocycles. The fourth-order valence-corrected chi connectivity index (χ4v) is 2.20. The normalized spacial score (nSPS) is 12.8. The number of ether oxygens (including phenoxy) is 3. The molecule has 1 aliphatic heterocycles. The molecule has 0 spiro atoms. The van der Waals surface area contributed by atoms with E-state index in [1.165, 1.54) is 13.2 Å². The number of phenols is 1. The summed E-state index contributed by atoms with van der Waals surface area (Å²) in [5, 5.41) is 13.7. The lowest BCUT2D eigenvalue weighted by Gasteiger charge is -2.07. The minimum atomic E-state index is -0.363. The van der Waals surface area contributed by atoms with Gasteiger partial charge in [-0.2, -0.15) is 5.10 Å². The van der Waals surface area contributed by atoms with Crippen LogP contribution in [-0.2, 0) is 0 Å². The molecule has 1 heterocycles.